The average Bonchev–Trinajstić information content (AvgIpc) is 2.34. The van der Waals surface area contributed by atoms with Crippen LogP contribution in [0.3, 0.4) is 0 Å². The zero-order chi connectivity index (χ0) is 14.3. The van der Waals surface area contributed by atoms with E-state index in [9.17, 15) is 4.79 Å². The number of carbonyl (C=O) groups is 1. The van der Waals surface area contributed by atoms with Crippen molar-refractivity contribution in [1.29, 1.82) is 5.41 Å². The molecule has 0 aliphatic carbocycles. The molecule has 1 rings (SSSR count). The van der Waals surface area contributed by atoms with Gasteiger partial charge < -0.3 is 9.47 Å². The molecule has 0 atom stereocenters. The summed E-state index contributed by atoms with van der Waals surface area (Å²) in [4.78, 5) is 11.4. The molecule has 1 aromatic rings. The van der Waals surface area contributed by atoms with Gasteiger partial charge in [-0.2, -0.15) is 0 Å². The molecule has 0 saturated heterocycles. The Balaban J connectivity index is 2.27. The fraction of sp³-hybridized carbons (Fsp3) is 0.429. The van der Waals surface area contributed by atoms with Crippen molar-refractivity contribution < 1.29 is 14.3 Å². The normalized spacial score (nSPS) is 10.9. The van der Waals surface area contributed by atoms with Gasteiger partial charge in [-0.3, -0.25) is 10.7 Å². The first-order valence-corrected chi connectivity index (χ1v) is 6.01. The third-order valence-corrected chi connectivity index (χ3v) is 2.09. The molecule has 0 aliphatic heterocycles. The van der Waals surface area contributed by atoms with E-state index >= 15 is 0 Å². The summed E-state index contributed by atoms with van der Waals surface area (Å²) in [6.07, 6.45) is -0.657. The van der Waals surface area contributed by atoms with Gasteiger partial charge in [-0.15, -0.1) is 0 Å². The summed E-state index contributed by atoms with van der Waals surface area (Å²) in [5, 5.41) is 10.0. The third-order valence-electron chi connectivity index (χ3n) is 2.09. The van der Waals surface area contributed by atoms with Gasteiger partial charge in [0, 0.05) is 5.56 Å². The van der Waals surface area contributed by atoms with Crippen molar-refractivity contribution in [2.75, 3.05) is 13.2 Å². The molecular formula is C14H19N2O3. The van der Waals surface area contributed by atoms with Crippen molar-refractivity contribution >= 4 is 11.9 Å². The summed E-state index contributed by atoms with van der Waals surface area (Å²) >= 11 is 0. The largest absolute Gasteiger partial charge is 0.447 e. The molecule has 0 fully saturated rings. The quantitative estimate of drug-likeness (QED) is 0.497. The first-order valence-electron chi connectivity index (χ1n) is 6.01. The number of amidine groups is 1. The van der Waals surface area contributed by atoms with E-state index in [0.717, 1.165) is 0 Å². The van der Waals surface area contributed by atoms with Gasteiger partial charge in [0.1, 0.15) is 12.4 Å². The van der Waals surface area contributed by atoms with Crippen LogP contribution < -0.4 is 5.32 Å². The lowest BCUT2D eigenvalue weighted by Crippen LogP contribution is -2.32. The van der Waals surface area contributed by atoms with Crippen molar-refractivity contribution in [1.82, 2.24) is 5.32 Å². The van der Waals surface area contributed by atoms with Gasteiger partial charge in [-0.05, 0) is 26.8 Å². The molecular weight excluding hydrogens is 244 g/mol. The Morgan fingerprint density at radius 2 is 1.95 bits per heavy atom. The SMILES string of the molecule is CC(C)(C)OCCOC(=O)NC(=N)c1cc[c]cc1. The Hall–Kier alpha value is -1.88. The van der Waals surface area contributed by atoms with Gasteiger partial charge in [-0.25, -0.2) is 4.79 Å². The van der Waals surface area contributed by atoms with E-state index in [4.69, 9.17) is 14.9 Å². The predicted molar refractivity (Wildman–Crippen MR) is 72.3 cm³/mol. The number of hydrogen-bond acceptors (Lipinski definition) is 4. The molecule has 1 aromatic carbocycles. The van der Waals surface area contributed by atoms with Crippen LogP contribution in [0, 0.1) is 11.5 Å². The first kappa shape index (κ1) is 15.2. The second kappa shape index (κ2) is 6.89. The number of rotatable bonds is 4. The molecule has 0 unspecified atom stereocenters. The monoisotopic (exact) mass is 263 g/mol. The lowest BCUT2D eigenvalue weighted by atomic mass is 10.2. The van der Waals surface area contributed by atoms with Gasteiger partial charge in [0.05, 0.1) is 12.2 Å². The van der Waals surface area contributed by atoms with Crippen LogP contribution in [-0.2, 0) is 9.47 Å². The van der Waals surface area contributed by atoms with E-state index < -0.39 is 6.09 Å². The lowest BCUT2D eigenvalue weighted by molar-refractivity contribution is -0.0226. The Morgan fingerprint density at radius 3 is 2.53 bits per heavy atom. The molecule has 5 heteroatoms. The third kappa shape index (κ3) is 6.57. The van der Waals surface area contributed by atoms with Crippen molar-refractivity contribution in [3.63, 3.8) is 0 Å². The highest BCUT2D eigenvalue weighted by Crippen LogP contribution is 2.05. The first-order chi connectivity index (χ1) is 8.88. The zero-order valence-corrected chi connectivity index (χ0v) is 11.4. The molecule has 0 aliphatic rings. The highest BCUT2D eigenvalue weighted by molar-refractivity contribution is 6.04. The van der Waals surface area contributed by atoms with Crippen LogP contribution in [0.15, 0.2) is 24.3 Å². The number of carbonyl (C=O) groups excluding carboxylic acids is 1. The topological polar surface area (TPSA) is 71.4 Å². The number of benzene rings is 1. The van der Waals surface area contributed by atoms with Crippen molar-refractivity contribution in [3.8, 4) is 0 Å². The van der Waals surface area contributed by atoms with E-state index in [0.29, 0.717) is 12.2 Å². The molecule has 0 bridgehead atoms. The summed E-state index contributed by atoms with van der Waals surface area (Å²) < 4.78 is 10.3. The molecule has 5 nitrogen and oxygen atoms in total. The summed E-state index contributed by atoms with van der Waals surface area (Å²) in [5.41, 5.74) is 0.342. The maximum Gasteiger partial charge on any atom is 0.412 e. The maximum atomic E-state index is 11.4. The molecule has 103 valence electrons. The standard InChI is InChI=1S/C14H19N2O3/c1-14(2,3)19-10-9-18-13(17)16-12(15)11-7-5-4-6-8-11/h5-8H,9-10H2,1-3H3,(H2,15,16,17). The van der Waals surface area contributed by atoms with Crippen molar-refractivity contribution in [2.24, 2.45) is 0 Å². The van der Waals surface area contributed by atoms with Crippen LogP contribution in [0.25, 0.3) is 0 Å². The van der Waals surface area contributed by atoms with E-state index in [2.05, 4.69) is 11.4 Å². The summed E-state index contributed by atoms with van der Waals surface area (Å²) in [5.74, 6) is -0.00394. The van der Waals surface area contributed by atoms with Crippen LogP contribution in [0.2, 0.25) is 0 Å². The Morgan fingerprint density at radius 1 is 1.32 bits per heavy atom. The number of amides is 1. The molecule has 19 heavy (non-hydrogen) atoms. The highest BCUT2D eigenvalue weighted by atomic mass is 16.6. The Kier molecular flexibility index (Phi) is 5.51. The molecule has 0 aromatic heterocycles. The van der Waals surface area contributed by atoms with Crippen LogP contribution in [0.1, 0.15) is 26.3 Å². The summed E-state index contributed by atoms with van der Waals surface area (Å²) in [6.45, 7) is 6.25. The minimum absolute atomic E-state index is 0.00394. The zero-order valence-electron chi connectivity index (χ0n) is 11.4. The van der Waals surface area contributed by atoms with Crippen LogP contribution in [-0.4, -0.2) is 30.7 Å². The molecule has 0 heterocycles. The number of alkyl carbamates (subject to hydrolysis) is 1. The number of ether oxygens (including phenoxy) is 2. The maximum absolute atomic E-state index is 11.4. The van der Waals surface area contributed by atoms with E-state index in [1.807, 2.05) is 20.8 Å². The minimum atomic E-state index is -0.657. The molecule has 2 N–H and O–H groups in total. The molecule has 1 amide bonds. The van der Waals surface area contributed by atoms with E-state index in [-0.39, 0.29) is 18.0 Å². The van der Waals surface area contributed by atoms with Gasteiger partial charge >= 0.3 is 6.09 Å². The van der Waals surface area contributed by atoms with Gasteiger partial charge in [0.2, 0.25) is 0 Å². The van der Waals surface area contributed by atoms with Crippen molar-refractivity contribution in [2.45, 2.75) is 26.4 Å². The summed E-state index contributed by atoms with van der Waals surface area (Å²) in [7, 11) is 0. The molecule has 1 radical (unpaired) electrons. The highest BCUT2D eigenvalue weighted by Gasteiger charge is 2.11. The van der Waals surface area contributed by atoms with Gasteiger partial charge in [0.15, 0.2) is 0 Å². The average molecular weight is 263 g/mol. The van der Waals surface area contributed by atoms with E-state index in [1.54, 1.807) is 24.3 Å². The second-order valence-electron chi connectivity index (χ2n) is 4.89. The Labute approximate surface area is 113 Å². The minimum Gasteiger partial charge on any atom is -0.447 e. The molecule has 0 saturated carbocycles. The van der Waals surface area contributed by atoms with Crippen LogP contribution in [0.4, 0.5) is 4.79 Å². The summed E-state index contributed by atoms with van der Waals surface area (Å²) in [6, 6.07) is 9.56. The molecule has 0 spiro atoms. The van der Waals surface area contributed by atoms with Crippen molar-refractivity contribution in [3.05, 3.63) is 35.9 Å². The second-order valence-corrected chi connectivity index (χ2v) is 4.89. The predicted octanol–water partition coefficient (Wildman–Crippen LogP) is 2.35. The lowest BCUT2D eigenvalue weighted by Gasteiger charge is -2.19. The van der Waals surface area contributed by atoms with Crippen LogP contribution >= 0.6 is 0 Å². The van der Waals surface area contributed by atoms with Crippen LogP contribution in [0.5, 0.6) is 0 Å². The van der Waals surface area contributed by atoms with Gasteiger partial charge in [0.25, 0.3) is 0 Å². The number of nitrogens with one attached hydrogen (secondary N) is 2. The van der Waals surface area contributed by atoms with Gasteiger partial charge in [-0.1, -0.05) is 24.3 Å². The Bertz CT molecular complexity index is 424. The fourth-order valence-corrected chi connectivity index (χ4v) is 1.25. The van der Waals surface area contributed by atoms with E-state index in [1.165, 1.54) is 0 Å². The smallest absolute Gasteiger partial charge is 0.412 e. The fourth-order valence-electron chi connectivity index (χ4n) is 1.25. The number of hydrogen-bond donors (Lipinski definition) is 2.